The molecule has 1 aliphatic rings. The lowest BCUT2D eigenvalue weighted by Crippen LogP contribution is -2.39. The third-order valence-corrected chi connectivity index (χ3v) is 7.51. The van der Waals surface area contributed by atoms with Crippen LogP contribution in [0, 0.1) is 5.92 Å². The number of aromatic nitrogens is 1. The largest absolute Gasteiger partial charge is 0.444 e. The molecular weight excluding hydrogens is 534 g/mol. The molecule has 9 heteroatoms. The van der Waals surface area contributed by atoms with E-state index in [1.54, 1.807) is 51.2 Å². The second-order valence-corrected chi connectivity index (χ2v) is 11.9. The molecule has 1 heterocycles. The van der Waals surface area contributed by atoms with Crippen LogP contribution in [0.5, 0.6) is 0 Å². The lowest BCUT2D eigenvalue weighted by molar-refractivity contribution is -0.116. The minimum Gasteiger partial charge on any atom is -0.444 e. The average Bonchev–Trinajstić information content (AvgIpc) is 3.46. The maximum absolute atomic E-state index is 13.0. The summed E-state index contributed by atoms with van der Waals surface area (Å²) < 4.78 is 11.8. The molecule has 3 aromatic rings. The molecule has 0 aliphatic heterocycles. The van der Waals surface area contributed by atoms with Crippen molar-refractivity contribution in [2.45, 2.75) is 76.9 Å². The molecule has 1 atom stereocenters. The van der Waals surface area contributed by atoms with Crippen LogP contribution in [0.2, 0.25) is 0 Å². The SMILES string of the molecule is CC(C)(C)OC(=O)N(CCC(=O)Nc1ccc(C=O)cc1)CCc1cnc([C@](O)(c2ccccc2)C2CCCCC2)o1. The number of ether oxygens (including phenoxy) is 1. The zero-order chi connectivity index (χ0) is 30.2. The van der Waals surface area contributed by atoms with Gasteiger partial charge in [-0.1, -0.05) is 49.6 Å². The highest BCUT2D eigenvalue weighted by atomic mass is 16.6. The normalized spacial score (nSPS) is 15.4. The Kier molecular flexibility index (Phi) is 10.2. The number of aliphatic hydroxyl groups is 1. The number of hydrogen-bond donors (Lipinski definition) is 2. The predicted octanol–water partition coefficient (Wildman–Crippen LogP) is 6.11. The third kappa shape index (κ3) is 8.06. The molecule has 1 aliphatic carbocycles. The summed E-state index contributed by atoms with van der Waals surface area (Å²) in [5.74, 6) is 0.513. The fraction of sp³-hybridized carbons (Fsp3) is 0.455. The number of oxazole rings is 1. The van der Waals surface area contributed by atoms with Crippen molar-refractivity contribution in [3.63, 3.8) is 0 Å². The number of rotatable bonds is 11. The molecular formula is C33H41N3O6. The number of benzene rings is 2. The molecule has 2 amide bonds. The standard InChI is InChI=1S/C33H41N3O6/c1-32(2,3)42-31(39)36(21-19-29(38)35-27-16-14-24(23-37)15-17-27)20-18-28-22-34-30(41-28)33(40,25-10-6-4-7-11-25)26-12-8-5-9-13-26/h4,6-7,10-11,14-17,22-23,26,40H,5,8-9,12-13,18-21H2,1-3H3,(H,35,38)/t33-/m0/s1. The van der Waals surface area contributed by atoms with Crippen LogP contribution >= 0.6 is 0 Å². The Morgan fingerprint density at radius 1 is 1.05 bits per heavy atom. The van der Waals surface area contributed by atoms with Crippen molar-refractivity contribution >= 4 is 24.0 Å². The van der Waals surface area contributed by atoms with E-state index in [2.05, 4.69) is 10.3 Å². The molecule has 2 aromatic carbocycles. The van der Waals surface area contributed by atoms with Gasteiger partial charge in [-0.2, -0.15) is 0 Å². The maximum Gasteiger partial charge on any atom is 0.410 e. The first-order chi connectivity index (χ1) is 20.1. The van der Waals surface area contributed by atoms with Crippen LogP contribution in [-0.4, -0.2) is 52.0 Å². The lowest BCUT2D eigenvalue weighted by atomic mass is 9.73. The first-order valence-electron chi connectivity index (χ1n) is 14.6. The van der Waals surface area contributed by atoms with Gasteiger partial charge in [0.25, 0.3) is 0 Å². The van der Waals surface area contributed by atoms with E-state index in [0.717, 1.165) is 44.0 Å². The maximum atomic E-state index is 13.0. The van der Waals surface area contributed by atoms with Crippen molar-refractivity contribution in [3.05, 3.63) is 83.6 Å². The van der Waals surface area contributed by atoms with E-state index in [4.69, 9.17) is 9.15 Å². The number of amides is 2. The monoisotopic (exact) mass is 575 g/mol. The predicted molar refractivity (Wildman–Crippen MR) is 159 cm³/mol. The Morgan fingerprint density at radius 2 is 1.74 bits per heavy atom. The second-order valence-electron chi connectivity index (χ2n) is 11.9. The number of nitrogens with one attached hydrogen (secondary N) is 1. The van der Waals surface area contributed by atoms with Gasteiger partial charge < -0.3 is 24.5 Å². The zero-order valence-corrected chi connectivity index (χ0v) is 24.7. The van der Waals surface area contributed by atoms with Gasteiger partial charge >= 0.3 is 6.09 Å². The van der Waals surface area contributed by atoms with Crippen LogP contribution in [0.25, 0.3) is 0 Å². The first-order valence-corrected chi connectivity index (χ1v) is 14.6. The number of carbonyl (C=O) groups excluding carboxylic acids is 3. The average molecular weight is 576 g/mol. The highest BCUT2D eigenvalue weighted by molar-refractivity contribution is 5.91. The molecule has 42 heavy (non-hydrogen) atoms. The van der Waals surface area contributed by atoms with Crippen molar-refractivity contribution in [3.8, 4) is 0 Å². The summed E-state index contributed by atoms with van der Waals surface area (Å²) in [7, 11) is 0. The molecule has 2 N–H and O–H groups in total. The summed E-state index contributed by atoms with van der Waals surface area (Å²) in [5.41, 5.74) is -0.211. The van der Waals surface area contributed by atoms with E-state index >= 15 is 0 Å². The Morgan fingerprint density at radius 3 is 2.38 bits per heavy atom. The van der Waals surface area contributed by atoms with Crippen LogP contribution in [0.1, 0.15) is 86.9 Å². The summed E-state index contributed by atoms with van der Waals surface area (Å²) in [5, 5.41) is 14.9. The van der Waals surface area contributed by atoms with Gasteiger partial charge in [0.1, 0.15) is 17.6 Å². The Bertz CT molecular complexity index is 1330. The van der Waals surface area contributed by atoms with Crippen LogP contribution < -0.4 is 5.32 Å². The fourth-order valence-corrected chi connectivity index (χ4v) is 5.32. The zero-order valence-electron chi connectivity index (χ0n) is 24.7. The first kappa shape index (κ1) is 31.0. The van der Waals surface area contributed by atoms with E-state index in [1.165, 1.54) is 4.90 Å². The molecule has 0 saturated heterocycles. The van der Waals surface area contributed by atoms with E-state index in [1.807, 2.05) is 30.3 Å². The van der Waals surface area contributed by atoms with Gasteiger partial charge in [0.15, 0.2) is 5.60 Å². The molecule has 1 saturated carbocycles. The topological polar surface area (TPSA) is 122 Å². The Hall–Kier alpha value is -3.98. The fourth-order valence-electron chi connectivity index (χ4n) is 5.32. The smallest absolute Gasteiger partial charge is 0.410 e. The van der Waals surface area contributed by atoms with Crippen molar-refractivity contribution in [1.29, 1.82) is 0 Å². The molecule has 0 radical (unpaired) electrons. The summed E-state index contributed by atoms with van der Waals surface area (Å²) >= 11 is 0. The molecule has 9 nitrogen and oxygen atoms in total. The molecule has 0 spiro atoms. The van der Waals surface area contributed by atoms with E-state index in [-0.39, 0.29) is 37.2 Å². The van der Waals surface area contributed by atoms with Crippen LogP contribution in [0.3, 0.4) is 0 Å². The van der Waals surface area contributed by atoms with E-state index in [0.29, 0.717) is 23.4 Å². The number of aldehydes is 1. The minimum atomic E-state index is -1.34. The summed E-state index contributed by atoms with van der Waals surface area (Å²) in [6, 6.07) is 16.1. The van der Waals surface area contributed by atoms with Gasteiger partial charge in [-0.3, -0.25) is 9.59 Å². The van der Waals surface area contributed by atoms with Gasteiger partial charge in [-0.05, 0) is 63.4 Å². The van der Waals surface area contributed by atoms with Crippen LogP contribution in [0.4, 0.5) is 10.5 Å². The highest BCUT2D eigenvalue weighted by Gasteiger charge is 2.44. The van der Waals surface area contributed by atoms with Gasteiger partial charge in [-0.15, -0.1) is 0 Å². The minimum absolute atomic E-state index is 0.00781. The number of hydrogen-bond acceptors (Lipinski definition) is 7. The van der Waals surface area contributed by atoms with Crippen LogP contribution in [-0.2, 0) is 21.6 Å². The molecule has 224 valence electrons. The van der Waals surface area contributed by atoms with Crippen molar-refractivity contribution < 1.29 is 28.6 Å². The number of anilines is 1. The van der Waals surface area contributed by atoms with Crippen molar-refractivity contribution in [1.82, 2.24) is 9.88 Å². The highest BCUT2D eigenvalue weighted by Crippen LogP contribution is 2.43. The lowest BCUT2D eigenvalue weighted by Gasteiger charge is -2.36. The van der Waals surface area contributed by atoms with Gasteiger partial charge in [0.05, 0.1) is 6.20 Å². The Balaban J connectivity index is 1.45. The molecule has 1 fully saturated rings. The number of nitrogens with zero attached hydrogens (tertiary/aromatic N) is 2. The van der Waals surface area contributed by atoms with E-state index < -0.39 is 17.3 Å². The summed E-state index contributed by atoms with van der Waals surface area (Å²) in [6.07, 6.45) is 7.22. The second kappa shape index (κ2) is 13.8. The number of carbonyl (C=O) groups is 3. The summed E-state index contributed by atoms with van der Waals surface area (Å²) in [4.78, 5) is 42.5. The van der Waals surface area contributed by atoms with Crippen molar-refractivity contribution in [2.75, 3.05) is 18.4 Å². The van der Waals surface area contributed by atoms with Crippen LogP contribution in [0.15, 0.2) is 65.2 Å². The molecule has 0 bridgehead atoms. The van der Waals surface area contributed by atoms with Crippen molar-refractivity contribution in [2.24, 2.45) is 5.92 Å². The van der Waals surface area contributed by atoms with Gasteiger partial charge in [0.2, 0.25) is 11.8 Å². The molecule has 4 rings (SSSR count). The molecule has 1 aromatic heterocycles. The Labute approximate surface area is 247 Å². The van der Waals surface area contributed by atoms with Gasteiger partial charge in [-0.25, -0.2) is 9.78 Å². The van der Waals surface area contributed by atoms with Gasteiger partial charge in [0, 0.05) is 43.1 Å². The third-order valence-electron chi connectivity index (χ3n) is 7.51. The molecule has 0 unspecified atom stereocenters. The quantitative estimate of drug-likeness (QED) is 0.265. The van der Waals surface area contributed by atoms with E-state index in [9.17, 15) is 19.5 Å². The summed E-state index contributed by atoms with van der Waals surface area (Å²) in [6.45, 7) is 5.73.